The first-order valence-electron chi connectivity index (χ1n) is 0.921. The molecule has 5 heavy (non-hydrogen) atoms. The van der Waals surface area contributed by atoms with Crippen LogP contribution in [0.3, 0.4) is 0 Å². The minimum atomic E-state index is -2.69. The zero-order chi connectivity index (χ0) is 4.50. The molecule has 3 radical (unpaired) electrons. The Morgan fingerprint density at radius 3 is 1.20 bits per heavy atom. The molecule has 0 saturated carbocycles. The number of rotatable bonds is 0. The fourth-order valence-electron chi connectivity index (χ4n) is 0. The Morgan fingerprint density at radius 2 is 1.20 bits per heavy atom. The van der Waals surface area contributed by atoms with E-state index < -0.39 is 5.60 Å². The molecule has 0 heterocycles. The summed E-state index contributed by atoms with van der Waals surface area (Å²) in [7, 11) is 2.09. The molecule has 0 saturated heterocycles. The average Bonchev–Trinajstić information content (AvgIpc) is 0.722. The molecule has 3 nitrogen and oxygen atoms in total. The summed E-state index contributed by atoms with van der Waals surface area (Å²) in [4.78, 5) is 0. The van der Waals surface area contributed by atoms with Crippen LogP contribution < -0.4 is 0 Å². The smallest absolute Gasteiger partial charge is 0.241 e. The summed E-state index contributed by atoms with van der Waals surface area (Å²) in [5.41, 5.74) is -2.69. The summed E-state index contributed by atoms with van der Waals surface area (Å²) in [5, 5.41) is 22.6. The maximum absolute atomic E-state index is 7.55. The summed E-state index contributed by atoms with van der Waals surface area (Å²) in [6, 6.07) is 0. The molecule has 0 aliphatic carbocycles. The van der Waals surface area contributed by atoms with Crippen LogP contribution in [0.2, 0.25) is 0 Å². The summed E-state index contributed by atoms with van der Waals surface area (Å²) in [6.07, 6.45) is 0. The lowest BCUT2D eigenvalue weighted by Gasteiger charge is -2.02. The Kier molecular flexibility index (Phi) is 1.08. The van der Waals surface area contributed by atoms with Gasteiger partial charge in [-0.1, -0.05) is 0 Å². The van der Waals surface area contributed by atoms with Crippen LogP contribution in [0.5, 0.6) is 0 Å². The van der Waals surface area contributed by atoms with Gasteiger partial charge in [0.15, 0.2) is 10.2 Å². The topological polar surface area (TPSA) is 60.7 Å². The summed E-state index contributed by atoms with van der Waals surface area (Å²) >= 11 is 0. The van der Waals surface area contributed by atoms with E-state index in [1.165, 1.54) is 0 Å². The number of hydrogen-bond acceptors (Lipinski definition) is 3. The third kappa shape index (κ3) is 1920. The van der Waals surface area contributed by atoms with Crippen molar-refractivity contribution >= 4 is 10.2 Å². The van der Waals surface area contributed by atoms with Gasteiger partial charge in [0.25, 0.3) is 0 Å². The molecule has 0 amide bonds. The molecule has 0 aliphatic heterocycles. The Bertz CT molecular complexity index is 22.4. The monoisotopic (exact) mass is 91.0 g/mol. The molecule has 0 unspecified atom stereocenters. The molecule has 0 atom stereocenters. The highest BCUT2D eigenvalue weighted by atomic mass is 28.1. The first kappa shape index (κ1) is 5.10. The highest BCUT2D eigenvalue weighted by molar-refractivity contribution is 6.11. The van der Waals surface area contributed by atoms with Gasteiger partial charge in [-0.2, -0.15) is 0 Å². The van der Waals surface area contributed by atoms with Crippen molar-refractivity contribution in [3.8, 4) is 0 Å². The van der Waals surface area contributed by atoms with Crippen LogP contribution >= 0.6 is 0 Å². The van der Waals surface area contributed by atoms with Gasteiger partial charge in [0, 0.05) is 0 Å². The molecule has 4 heteroatoms. The molecule has 0 spiro atoms. The summed E-state index contributed by atoms with van der Waals surface area (Å²) < 4.78 is 0. The van der Waals surface area contributed by atoms with Crippen LogP contribution in [-0.4, -0.2) is 31.2 Å². The van der Waals surface area contributed by atoms with E-state index in [2.05, 4.69) is 10.2 Å². The van der Waals surface area contributed by atoms with Crippen molar-refractivity contribution in [2.75, 3.05) is 0 Å². The van der Waals surface area contributed by atoms with E-state index >= 15 is 0 Å². The first-order chi connectivity index (χ1) is 2.00. The fourth-order valence-corrected chi connectivity index (χ4v) is 0. The normalized spacial score (nSPS) is 12.0. The van der Waals surface area contributed by atoms with Crippen LogP contribution in [0.25, 0.3) is 0 Å². The van der Waals surface area contributed by atoms with Crippen molar-refractivity contribution in [3.05, 3.63) is 0 Å². The van der Waals surface area contributed by atoms with E-state index in [0.717, 1.165) is 0 Å². The van der Waals surface area contributed by atoms with Gasteiger partial charge < -0.3 is 15.3 Å². The van der Waals surface area contributed by atoms with Gasteiger partial charge in [-0.3, -0.25) is 0 Å². The third-order valence-corrected chi connectivity index (χ3v) is 0. The van der Waals surface area contributed by atoms with Crippen molar-refractivity contribution in [1.82, 2.24) is 0 Å². The van der Waals surface area contributed by atoms with E-state index in [1.807, 2.05) is 0 Å². The molecule has 3 N–H and O–H groups in total. The van der Waals surface area contributed by atoms with Crippen LogP contribution in [0.15, 0.2) is 0 Å². The minimum absolute atomic E-state index is 2.09. The molecule has 0 bridgehead atoms. The average molecular weight is 91.1 g/mol. The van der Waals surface area contributed by atoms with Gasteiger partial charge in [0.1, 0.15) is 0 Å². The second kappa shape index (κ2) is 1.06. The third-order valence-electron chi connectivity index (χ3n) is 0. The minimum Gasteiger partial charge on any atom is -0.348 e. The van der Waals surface area contributed by atoms with Crippen LogP contribution in [0, 0.1) is 0 Å². The molecule has 0 fully saturated rings. The molecule has 0 rings (SSSR count). The molecule has 0 aromatic rings. The predicted molar refractivity (Wildman–Crippen MR) is 15.1 cm³/mol. The zero-order valence-electron chi connectivity index (χ0n) is 2.34. The Labute approximate surface area is 32.3 Å². The van der Waals surface area contributed by atoms with E-state index in [9.17, 15) is 0 Å². The molecular weight excluding hydrogens is 88.1 g/mol. The van der Waals surface area contributed by atoms with E-state index in [-0.39, 0.29) is 0 Å². The van der Waals surface area contributed by atoms with Crippen molar-refractivity contribution in [3.63, 3.8) is 0 Å². The fraction of sp³-hybridized carbons (Fsp3) is 1.00. The predicted octanol–water partition coefficient (Wildman–Crippen LogP) is -2.26. The number of hydrogen-bond donors (Lipinski definition) is 3. The van der Waals surface area contributed by atoms with Crippen molar-refractivity contribution in [2.45, 2.75) is 5.60 Å². The van der Waals surface area contributed by atoms with Gasteiger partial charge >= 0.3 is 0 Å². The largest absolute Gasteiger partial charge is 0.348 e. The van der Waals surface area contributed by atoms with Crippen LogP contribution in [0.4, 0.5) is 0 Å². The SMILES string of the molecule is OC(O)(O)[Si]. The molecule has 29 valence electrons. The van der Waals surface area contributed by atoms with Crippen molar-refractivity contribution in [1.29, 1.82) is 0 Å². The van der Waals surface area contributed by atoms with Gasteiger partial charge in [-0.25, -0.2) is 0 Å². The van der Waals surface area contributed by atoms with Crippen molar-refractivity contribution < 1.29 is 15.3 Å². The highest BCUT2D eigenvalue weighted by Crippen LogP contribution is 1.74. The summed E-state index contributed by atoms with van der Waals surface area (Å²) in [6.45, 7) is 0. The standard InChI is InChI=1S/CH3O3Si/c2-1(3,4)5/h2-4H. The highest BCUT2D eigenvalue weighted by Gasteiger charge is 2.03. The zero-order valence-corrected chi connectivity index (χ0v) is 3.34. The molecule has 0 aliphatic rings. The first-order valence-corrected chi connectivity index (χ1v) is 1.42. The van der Waals surface area contributed by atoms with Crippen LogP contribution in [-0.2, 0) is 0 Å². The van der Waals surface area contributed by atoms with Crippen molar-refractivity contribution in [2.24, 2.45) is 0 Å². The second-order valence-electron chi connectivity index (χ2n) is 0.635. The van der Waals surface area contributed by atoms with Gasteiger partial charge in [0.05, 0.1) is 0 Å². The van der Waals surface area contributed by atoms with Gasteiger partial charge in [-0.05, 0) is 0 Å². The lowest BCUT2D eigenvalue weighted by Crippen LogP contribution is -2.26. The summed E-state index contributed by atoms with van der Waals surface area (Å²) in [5.74, 6) is 0. The Balaban J connectivity index is 3.02. The Morgan fingerprint density at radius 1 is 1.20 bits per heavy atom. The molecule has 0 aromatic heterocycles. The second-order valence-corrected chi connectivity index (χ2v) is 1.31. The Hall–Kier alpha value is 0.0969. The van der Waals surface area contributed by atoms with Gasteiger partial charge in [-0.15, -0.1) is 0 Å². The molecular formula is CH3O3Si. The van der Waals surface area contributed by atoms with E-state index in [4.69, 9.17) is 15.3 Å². The lowest BCUT2D eigenvalue weighted by atomic mass is 11.3. The maximum Gasteiger partial charge on any atom is 0.241 e. The lowest BCUT2D eigenvalue weighted by molar-refractivity contribution is -0.243. The number of aliphatic hydroxyl groups is 3. The van der Waals surface area contributed by atoms with E-state index in [1.54, 1.807) is 0 Å². The van der Waals surface area contributed by atoms with E-state index in [0.29, 0.717) is 0 Å². The van der Waals surface area contributed by atoms with Crippen LogP contribution in [0.1, 0.15) is 0 Å². The van der Waals surface area contributed by atoms with Gasteiger partial charge in [0.2, 0.25) is 5.60 Å². The quantitative estimate of drug-likeness (QED) is 0.233. The maximum atomic E-state index is 7.55. The molecule has 0 aromatic carbocycles.